The number of halogens is 1. The van der Waals surface area contributed by atoms with Crippen LogP contribution in [0.3, 0.4) is 0 Å². The Balaban J connectivity index is 3.21. The van der Waals surface area contributed by atoms with Gasteiger partial charge in [-0.15, -0.1) is 0 Å². The first-order valence-electron chi connectivity index (χ1n) is 5.50. The average molecular weight is 326 g/mol. The van der Waals surface area contributed by atoms with Gasteiger partial charge < -0.3 is 4.90 Å². The average Bonchev–Trinajstić information content (AvgIpc) is 2.35. The third-order valence-corrected chi connectivity index (χ3v) is 3.21. The molecular formula is C12H12BrN3O3. The highest BCUT2D eigenvalue weighted by Crippen LogP contribution is 2.24. The standard InChI is InChI=1S/C12H12BrN3O3/c1-8(2)15(6-5-14)12(17)10-7-9(16(18)19)3-4-11(10)13/h3-4,7-8H,6H2,1-2H3. The van der Waals surface area contributed by atoms with E-state index in [0.717, 1.165) is 0 Å². The Kier molecular flexibility index (Phi) is 5.01. The molecule has 0 atom stereocenters. The molecule has 100 valence electrons. The van der Waals surface area contributed by atoms with Crippen LogP contribution in [0, 0.1) is 21.4 Å². The van der Waals surface area contributed by atoms with Crippen LogP contribution in [0.1, 0.15) is 24.2 Å². The first-order valence-corrected chi connectivity index (χ1v) is 6.29. The molecule has 0 radical (unpaired) electrons. The minimum atomic E-state index is -0.562. The van der Waals surface area contributed by atoms with Gasteiger partial charge in [-0.2, -0.15) is 5.26 Å². The molecular weight excluding hydrogens is 314 g/mol. The van der Waals surface area contributed by atoms with Crippen LogP contribution in [-0.2, 0) is 0 Å². The van der Waals surface area contributed by atoms with Crippen LogP contribution in [0.2, 0.25) is 0 Å². The molecule has 1 aromatic carbocycles. The number of benzene rings is 1. The van der Waals surface area contributed by atoms with Gasteiger partial charge in [0.1, 0.15) is 6.54 Å². The van der Waals surface area contributed by atoms with Gasteiger partial charge in [0, 0.05) is 22.6 Å². The van der Waals surface area contributed by atoms with Crippen molar-refractivity contribution in [2.45, 2.75) is 19.9 Å². The number of nitro benzene ring substituents is 1. The fourth-order valence-electron chi connectivity index (χ4n) is 1.51. The van der Waals surface area contributed by atoms with Crippen molar-refractivity contribution in [3.63, 3.8) is 0 Å². The summed E-state index contributed by atoms with van der Waals surface area (Å²) in [5.41, 5.74) is 0.0189. The molecule has 1 aromatic rings. The summed E-state index contributed by atoms with van der Waals surface area (Å²) in [6.07, 6.45) is 0. The van der Waals surface area contributed by atoms with Crippen molar-refractivity contribution in [3.8, 4) is 6.07 Å². The first kappa shape index (κ1) is 15.1. The van der Waals surface area contributed by atoms with E-state index in [1.165, 1.54) is 23.1 Å². The number of carbonyl (C=O) groups is 1. The lowest BCUT2D eigenvalue weighted by atomic mass is 10.1. The minimum Gasteiger partial charge on any atom is -0.323 e. The number of rotatable bonds is 4. The zero-order valence-electron chi connectivity index (χ0n) is 10.5. The molecule has 7 heteroatoms. The van der Waals surface area contributed by atoms with Crippen LogP contribution in [-0.4, -0.2) is 28.3 Å². The molecule has 6 nitrogen and oxygen atoms in total. The van der Waals surface area contributed by atoms with E-state index >= 15 is 0 Å². The Labute approximate surface area is 118 Å². The highest BCUT2D eigenvalue weighted by atomic mass is 79.9. The Morgan fingerprint density at radius 2 is 2.21 bits per heavy atom. The maximum Gasteiger partial charge on any atom is 0.270 e. The van der Waals surface area contributed by atoms with Gasteiger partial charge in [0.15, 0.2) is 0 Å². The molecule has 0 N–H and O–H groups in total. The predicted molar refractivity (Wildman–Crippen MR) is 72.6 cm³/mol. The smallest absolute Gasteiger partial charge is 0.270 e. The molecule has 1 rings (SSSR count). The van der Waals surface area contributed by atoms with Gasteiger partial charge in [-0.1, -0.05) is 0 Å². The molecule has 0 heterocycles. The minimum absolute atomic E-state index is 0.0639. The van der Waals surface area contributed by atoms with Gasteiger partial charge in [-0.25, -0.2) is 0 Å². The van der Waals surface area contributed by atoms with Crippen LogP contribution in [0.25, 0.3) is 0 Å². The lowest BCUT2D eigenvalue weighted by molar-refractivity contribution is -0.384. The fraction of sp³-hybridized carbons (Fsp3) is 0.333. The van der Waals surface area contributed by atoms with Gasteiger partial charge in [0.05, 0.1) is 16.6 Å². The van der Waals surface area contributed by atoms with Crippen LogP contribution in [0.15, 0.2) is 22.7 Å². The second-order valence-electron chi connectivity index (χ2n) is 4.11. The Morgan fingerprint density at radius 3 is 2.68 bits per heavy atom. The quantitative estimate of drug-likeness (QED) is 0.483. The first-order chi connectivity index (χ1) is 8.88. The van der Waals surface area contributed by atoms with E-state index in [1.807, 2.05) is 6.07 Å². The van der Waals surface area contributed by atoms with Crippen molar-refractivity contribution in [1.29, 1.82) is 5.26 Å². The van der Waals surface area contributed by atoms with Gasteiger partial charge in [-0.05, 0) is 35.8 Å². The summed E-state index contributed by atoms with van der Waals surface area (Å²) < 4.78 is 0.465. The van der Waals surface area contributed by atoms with E-state index < -0.39 is 10.8 Å². The number of hydrogen-bond acceptors (Lipinski definition) is 4. The number of nitro groups is 1. The largest absolute Gasteiger partial charge is 0.323 e. The zero-order chi connectivity index (χ0) is 14.6. The summed E-state index contributed by atoms with van der Waals surface area (Å²) in [6.45, 7) is 3.49. The molecule has 19 heavy (non-hydrogen) atoms. The lowest BCUT2D eigenvalue weighted by Gasteiger charge is -2.24. The molecule has 0 aliphatic carbocycles. The summed E-state index contributed by atoms with van der Waals surface area (Å²) in [6, 6.07) is 5.72. The Hall–Kier alpha value is -1.94. The molecule has 0 bridgehead atoms. The topological polar surface area (TPSA) is 87.2 Å². The van der Waals surface area contributed by atoms with Gasteiger partial charge in [0.25, 0.3) is 11.6 Å². The van der Waals surface area contributed by atoms with Crippen LogP contribution in [0.4, 0.5) is 5.69 Å². The predicted octanol–water partition coefficient (Wildman–Crippen LogP) is 2.73. The number of amides is 1. The van der Waals surface area contributed by atoms with E-state index in [-0.39, 0.29) is 23.8 Å². The maximum absolute atomic E-state index is 12.3. The monoisotopic (exact) mass is 325 g/mol. The van der Waals surface area contributed by atoms with Gasteiger partial charge >= 0.3 is 0 Å². The third-order valence-electron chi connectivity index (χ3n) is 2.52. The van der Waals surface area contributed by atoms with E-state index in [4.69, 9.17) is 5.26 Å². The second kappa shape index (κ2) is 6.29. The summed E-state index contributed by atoms with van der Waals surface area (Å²) in [5, 5.41) is 19.5. The summed E-state index contributed by atoms with van der Waals surface area (Å²) in [4.78, 5) is 23.8. The number of nitrogens with zero attached hydrogens (tertiary/aromatic N) is 3. The number of nitriles is 1. The summed E-state index contributed by atoms with van der Waals surface area (Å²) in [7, 11) is 0. The van der Waals surface area contributed by atoms with Crippen molar-refractivity contribution < 1.29 is 9.72 Å². The number of hydrogen-bond donors (Lipinski definition) is 0. The number of carbonyl (C=O) groups excluding carboxylic acids is 1. The molecule has 0 saturated carbocycles. The van der Waals surface area contributed by atoms with Crippen LogP contribution >= 0.6 is 15.9 Å². The number of non-ortho nitro benzene ring substituents is 1. The molecule has 0 fully saturated rings. The Morgan fingerprint density at radius 1 is 1.58 bits per heavy atom. The van der Waals surface area contributed by atoms with Crippen molar-refractivity contribution in [1.82, 2.24) is 4.90 Å². The lowest BCUT2D eigenvalue weighted by Crippen LogP contribution is -2.37. The van der Waals surface area contributed by atoms with Crippen molar-refractivity contribution in [2.75, 3.05) is 6.54 Å². The van der Waals surface area contributed by atoms with E-state index in [0.29, 0.717) is 4.47 Å². The van der Waals surface area contributed by atoms with E-state index in [9.17, 15) is 14.9 Å². The third kappa shape index (κ3) is 3.51. The van der Waals surface area contributed by atoms with Crippen LogP contribution < -0.4 is 0 Å². The molecule has 1 amide bonds. The van der Waals surface area contributed by atoms with E-state index in [1.54, 1.807) is 13.8 Å². The van der Waals surface area contributed by atoms with Gasteiger partial charge in [-0.3, -0.25) is 14.9 Å². The molecule has 0 aliphatic heterocycles. The molecule has 0 unspecified atom stereocenters. The fourth-order valence-corrected chi connectivity index (χ4v) is 1.93. The highest BCUT2D eigenvalue weighted by Gasteiger charge is 2.22. The molecule has 0 aliphatic rings. The molecule has 0 aromatic heterocycles. The molecule has 0 saturated heterocycles. The zero-order valence-corrected chi connectivity index (χ0v) is 12.0. The van der Waals surface area contributed by atoms with Gasteiger partial charge in [0.2, 0.25) is 0 Å². The SMILES string of the molecule is CC(C)N(CC#N)C(=O)c1cc([N+](=O)[O-])ccc1Br. The normalized spacial score (nSPS) is 10.1. The summed E-state index contributed by atoms with van der Waals surface area (Å²) >= 11 is 3.20. The van der Waals surface area contributed by atoms with Crippen LogP contribution in [0.5, 0.6) is 0 Å². The van der Waals surface area contributed by atoms with Crippen molar-refractivity contribution in [3.05, 3.63) is 38.3 Å². The van der Waals surface area contributed by atoms with Crippen molar-refractivity contribution >= 4 is 27.5 Å². The van der Waals surface area contributed by atoms with Crippen molar-refractivity contribution in [2.24, 2.45) is 0 Å². The van der Waals surface area contributed by atoms with E-state index in [2.05, 4.69) is 15.9 Å². The second-order valence-corrected chi connectivity index (χ2v) is 4.96. The molecule has 0 spiro atoms. The maximum atomic E-state index is 12.3. The highest BCUT2D eigenvalue weighted by molar-refractivity contribution is 9.10. The summed E-state index contributed by atoms with van der Waals surface area (Å²) in [5.74, 6) is -0.410. The Bertz CT molecular complexity index is 552.